The fraction of sp³-hybridized carbons (Fsp3) is 0.913. The molecule has 0 aliphatic heterocycles. The predicted octanol–water partition coefficient (Wildman–Crippen LogP) is 6.56. The summed E-state index contributed by atoms with van der Waals surface area (Å²) in [6.45, 7) is 4.40. The molecule has 1 atom stereocenters. The van der Waals surface area contributed by atoms with E-state index in [0.29, 0.717) is 12.5 Å². The normalized spacial score (nSPS) is 12.8. The van der Waals surface area contributed by atoms with Crippen LogP contribution in [0.25, 0.3) is 0 Å². The Balaban J connectivity index is 4.57. The SMILES string of the molecule is CCCCCCCCC(=O)C(=O)SC(CCCCCCC)CC[Si](OC)(OC)OC. The first-order chi connectivity index (χ1) is 14.5. The second-order valence-electron chi connectivity index (χ2n) is 8.01. The van der Waals surface area contributed by atoms with Gasteiger partial charge in [-0.05, 0) is 19.3 Å². The van der Waals surface area contributed by atoms with Crippen LogP contribution in [0.5, 0.6) is 0 Å². The first-order valence-electron chi connectivity index (χ1n) is 11.9. The largest absolute Gasteiger partial charge is 0.500 e. The molecular weight excluding hydrogens is 416 g/mol. The van der Waals surface area contributed by atoms with Gasteiger partial charge in [-0.1, -0.05) is 89.8 Å². The van der Waals surface area contributed by atoms with Gasteiger partial charge in [0, 0.05) is 39.0 Å². The molecule has 0 heterocycles. The van der Waals surface area contributed by atoms with Gasteiger partial charge >= 0.3 is 8.80 Å². The van der Waals surface area contributed by atoms with Crippen LogP contribution in [-0.2, 0) is 22.9 Å². The van der Waals surface area contributed by atoms with Gasteiger partial charge in [0.25, 0.3) is 5.12 Å². The molecule has 0 aliphatic carbocycles. The minimum Gasteiger partial charge on any atom is -0.377 e. The lowest BCUT2D eigenvalue weighted by Crippen LogP contribution is -2.43. The summed E-state index contributed by atoms with van der Waals surface area (Å²) < 4.78 is 16.6. The van der Waals surface area contributed by atoms with Crippen molar-refractivity contribution in [3.8, 4) is 0 Å². The maximum Gasteiger partial charge on any atom is 0.500 e. The van der Waals surface area contributed by atoms with Gasteiger partial charge in [-0.3, -0.25) is 9.59 Å². The van der Waals surface area contributed by atoms with Gasteiger partial charge in [0.15, 0.2) is 0 Å². The Morgan fingerprint density at radius 3 is 1.77 bits per heavy atom. The van der Waals surface area contributed by atoms with Crippen LogP contribution >= 0.6 is 11.8 Å². The van der Waals surface area contributed by atoms with E-state index in [0.717, 1.165) is 38.5 Å². The van der Waals surface area contributed by atoms with E-state index >= 15 is 0 Å². The molecular formula is C23H46O5SSi. The molecule has 7 heteroatoms. The maximum atomic E-state index is 12.5. The molecule has 30 heavy (non-hydrogen) atoms. The van der Waals surface area contributed by atoms with Crippen molar-refractivity contribution in [2.75, 3.05) is 21.3 Å². The fourth-order valence-electron chi connectivity index (χ4n) is 3.52. The predicted molar refractivity (Wildman–Crippen MR) is 129 cm³/mol. The van der Waals surface area contributed by atoms with Crippen LogP contribution < -0.4 is 0 Å². The number of ketones is 1. The topological polar surface area (TPSA) is 61.8 Å². The first kappa shape index (κ1) is 29.8. The molecule has 0 fully saturated rings. The summed E-state index contributed by atoms with van der Waals surface area (Å²) in [5.41, 5.74) is 0. The van der Waals surface area contributed by atoms with E-state index in [1.807, 2.05) is 0 Å². The average Bonchev–Trinajstić information content (AvgIpc) is 2.76. The molecule has 0 aromatic heterocycles. The van der Waals surface area contributed by atoms with E-state index < -0.39 is 8.80 Å². The van der Waals surface area contributed by atoms with E-state index in [1.165, 1.54) is 56.7 Å². The minimum absolute atomic E-state index is 0.111. The molecule has 0 saturated heterocycles. The number of thioether (sulfide) groups is 1. The van der Waals surface area contributed by atoms with Crippen molar-refractivity contribution in [3.63, 3.8) is 0 Å². The summed E-state index contributed by atoms with van der Waals surface area (Å²) >= 11 is 1.23. The van der Waals surface area contributed by atoms with E-state index in [-0.39, 0.29) is 16.1 Å². The van der Waals surface area contributed by atoms with Gasteiger partial charge in [-0.2, -0.15) is 0 Å². The van der Waals surface area contributed by atoms with Crippen LogP contribution in [0.2, 0.25) is 6.04 Å². The highest BCUT2D eigenvalue weighted by atomic mass is 32.2. The molecule has 0 aromatic carbocycles. The van der Waals surface area contributed by atoms with E-state index in [4.69, 9.17) is 13.3 Å². The lowest BCUT2D eigenvalue weighted by molar-refractivity contribution is -0.131. The maximum absolute atomic E-state index is 12.5. The van der Waals surface area contributed by atoms with Gasteiger partial charge in [-0.15, -0.1) is 0 Å². The van der Waals surface area contributed by atoms with Crippen LogP contribution in [-0.4, -0.2) is 46.3 Å². The number of carbonyl (C=O) groups excluding carboxylic acids is 2. The minimum atomic E-state index is -2.67. The van der Waals surface area contributed by atoms with Crippen LogP contribution in [0.3, 0.4) is 0 Å². The van der Waals surface area contributed by atoms with Crippen LogP contribution in [0.4, 0.5) is 0 Å². The van der Waals surface area contributed by atoms with Crippen LogP contribution in [0, 0.1) is 0 Å². The molecule has 5 nitrogen and oxygen atoms in total. The van der Waals surface area contributed by atoms with Crippen molar-refractivity contribution >= 4 is 31.5 Å². The second-order valence-corrected chi connectivity index (χ2v) is 12.4. The number of unbranched alkanes of at least 4 members (excludes halogenated alkanes) is 9. The highest BCUT2D eigenvalue weighted by molar-refractivity contribution is 8.15. The third-order valence-electron chi connectivity index (χ3n) is 5.59. The van der Waals surface area contributed by atoms with Crippen molar-refractivity contribution in [3.05, 3.63) is 0 Å². The Kier molecular flexibility index (Phi) is 19.3. The summed E-state index contributed by atoms with van der Waals surface area (Å²) in [6, 6.07) is 0.655. The number of carbonyl (C=O) groups is 2. The summed E-state index contributed by atoms with van der Waals surface area (Å²) in [6.07, 6.45) is 14.7. The van der Waals surface area contributed by atoms with Crippen molar-refractivity contribution in [2.24, 2.45) is 0 Å². The van der Waals surface area contributed by atoms with Crippen molar-refractivity contribution < 1.29 is 22.9 Å². The van der Waals surface area contributed by atoms with Gasteiger partial charge in [-0.25, -0.2) is 0 Å². The summed E-state index contributed by atoms with van der Waals surface area (Å²) in [7, 11) is 2.17. The zero-order valence-electron chi connectivity index (χ0n) is 20.1. The summed E-state index contributed by atoms with van der Waals surface area (Å²) in [5, 5.41) is -0.165. The van der Waals surface area contributed by atoms with Crippen molar-refractivity contribution in [1.29, 1.82) is 0 Å². The Hall–Kier alpha value is -0.213. The number of hydrogen-bond donors (Lipinski definition) is 0. The van der Waals surface area contributed by atoms with Gasteiger partial charge in [0.2, 0.25) is 5.78 Å². The van der Waals surface area contributed by atoms with Gasteiger partial charge in [0.05, 0.1) is 0 Å². The standard InChI is InChI=1S/C23H46O5SSi/c1-6-8-10-12-14-16-18-22(24)23(25)29-21(17-15-13-11-9-7-2)19-20-30(26-3,27-4)28-5/h21H,6-20H2,1-5H3. The summed E-state index contributed by atoms with van der Waals surface area (Å²) in [4.78, 5) is 24.8. The smallest absolute Gasteiger partial charge is 0.377 e. The molecule has 0 amide bonds. The van der Waals surface area contributed by atoms with Crippen molar-refractivity contribution in [1.82, 2.24) is 0 Å². The monoisotopic (exact) mass is 462 g/mol. The number of rotatable bonds is 21. The van der Waals surface area contributed by atoms with Crippen LogP contribution in [0.15, 0.2) is 0 Å². The van der Waals surface area contributed by atoms with Crippen LogP contribution in [0.1, 0.15) is 104 Å². The highest BCUT2D eigenvalue weighted by Gasteiger charge is 2.38. The van der Waals surface area contributed by atoms with Gasteiger partial charge < -0.3 is 13.3 Å². The molecule has 0 saturated carbocycles. The average molecular weight is 463 g/mol. The third kappa shape index (κ3) is 14.0. The van der Waals surface area contributed by atoms with E-state index in [1.54, 1.807) is 21.3 Å². The highest BCUT2D eigenvalue weighted by Crippen LogP contribution is 2.28. The van der Waals surface area contributed by atoms with Crippen molar-refractivity contribution in [2.45, 2.75) is 115 Å². The van der Waals surface area contributed by atoms with Gasteiger partial charge in [0.1, 0.15) is 0 Å². The molecule has 0 aliphatic rings. The second kappa shape index (κ2) is 19.5. The van der Waals surface area contributed by atoms with E-state index in [9.17, 15) is 9.59 Å². The first-order valence-corrected chi connectivity index (χ1v) is 14.7. The third-order valence-corrected chi connectivity index (χ3v) is 9.61. The zero-order valence-corrected chi connectivity index (χ0v) is 21.9. The molecule has 0 aromatic rings. The molecule has 1 unspecified atom stereocenters. The molecule has 178 valence electrons. The lowest BCUT2D eigenvalue weighted by Gasteiger charge is -2.26. The Bertz CT molecular complexity index is 435. The molecule has 0 rings (SSSR count). The quantitative estimate of drug-likeness (QED) is 0.109. The molecule has 0 N–H and O–H groups in total. The summed E-state index contributed by atoms with van der Waals surface area (Å²) in [5.74, 6) is -0.222. The molecule has 0 spiro atoms. The molecule has 0 bridgehead atoms. The Labute approximate surface area is 190 Å². The van der Waals surface area contributed by atoms with E-state index in [2.05, 4.69) is 13.8 Å². The number of hydrogen-bond acceptors (Lipinski definition) is 6. The number of Topliss-reactive ketones (excluding diaryl/α,β-unsaturated/α-hetero) is 1. The Morgan fingerprint density at radius 1 is 0.733 bits per heavy atom. The molecule has 0 radical (unpaired) electrons. The zero-order chi connectivity index (χ0) is 22.7. The lowest BCUT2D eigenvalue weighted by atomic mass is 10.1. The fourth-order valence-corrected chi connectivity index (χ4v) is 6.60. The Morgan fingerprint density at radius 2 is 1.23 bits per heavy atom.